The molecule has 0 N–H and O–H groups in total. The molecule has 1 aliphatic rings. The number of nitrogens with zero attached hydrogens (tertiary/aromatic N) is 2. The molecule has 0 radical (unpaired) electrons. The topological polar surface area (TPSA) is 33.2 Å². The SMILES string of the molecule is Cc1ccc(C(=O)N2CCc3ccc(Cl)cc3C2)cc1C#Cc1ccccn1. The molecule has 1 aromatic heterocycles. The summed E-state index contributed by atoms with van der Waals surface area (Å²) in [6, 6.07) is 17.2. The van der Waals surface area contributed by atoms with E-state index < -0.39 is 0 Å². The molecular formula is C24H19ClN2O. The number of amides is 1. The van der Waals surface area contributed by atoms with Gasteiger partial charge < -0.3 is 4.90 Å². The predicted molar refractivity (Wildman–Crippen MR) is 111 cm³/mol. The van der Waals surface area contributed by atoms with Gasteiger partial charge in [-0.2, -0.15) is 0 Å². The predicted octanol–water partition coefficient (Wildman–Crippen LogP) is 4.64. The molecule has 4 rings (SSSR count). The highest BCUT2D eigenvalue weighted by Gasteiger charge is 2.22. The van der Waals surface area contributed by atoms with Gasteiger partial charge in [-0.3, -0.25) is 4.79 Å². The molecule has 2 heterocycles. The monoisotopic (exact) mass is 386 g/mol. The number of rotatable bonds is 1. The summed E-state index contributed by atoms with van der Waals surface area (Å²) in [6.07, 6.45) is 2.56. The zero-order chi connectivity index (χ0) is 19.5. The second-order valence-electron chi connectivity index (χ2n) is 6.88. The zero-order valence-corrected chi connectivity index (χ0v) is 16.3. The molecule has 0 saturated heterocycles. The van der Waals surface area contributed by atoms with E-state index in [1.54, 1.807) is 6.20 Å². The molecule has 1 amide bonds. The highest BCUT2D eigenvalue weighted by atomic mass is 35.5. The van der Waals surface area contributed by atoms with Gasteiger partial charge in [0.1, 0.15) is 5.69 Å². The van der Waals surface area contributed by atoms with Crippen LogP contribution in [0.3, 0.4) is 0 Å². The number of aryl methyl sites for hydroxylation is 1. The first-order valence-electron chi connectivity index (χ1n) is 9.20. The van der Waals surface area contributed by atoms with E-state index in [1.165, 1.54) is 5.56 Å². The lowest BCUT2D eigenvalue weighted by atomic mass is 9.98. The lowest BCUT2D eigenvalue weighted by Crippen LogP contribution is -2.36. The maximum atomic E-state index is 13.1. The molecule has 0 atom stereocenters. The van der Waals surface area contributed by atoms with E-state index in [1.807, 2.05) is 60.4 Å². The van der Waals surface area contributed by atoms with Gasteiger partial charge in [-0.25, -0.2) is 4.98 Å². The Bertz CT molecular complexity index is 1100. The van der Waals surface area contributed by atoms with Crippen molar-refractivity contribution in [1.29, 1.82) is 0 Å². The van der Waals surface area contributed by atoms with Crippen molar-refractivity contribution in [2.75, 3.05) is 6.54 Å². The molecule has 0 spiro atoms. The molecule has 0 bridgehead atoms. The van der Waals surface area contributed by atoms with Crippen LogP contribution in [0.15, 0.2) is 60.8 Å². The molecule has 0 aliphatic carbocycles. The van der Waals surface area contributed by atoms with Crippen LogP contribution in [0.4, 0.5) is 0 Å². The Labute approximate surface area is 170 Å². The molecule has 28 heavy (non-hydrogen) atoms. The van der Waals surface area contributed by atoms with Crippen molar-refractivity contribution < 1.29 is 4.79 Å². The Morgan fingerprint density at radius 3 is 2.79 bits per heavy atom. The minimum Gasteiger partial charge on any atom is -0.334 e. The first-order valence-corrected chi connectivity index (χ1v) is 9.58. The summed E-state index contributed by atoms with van der Waals surface area (Å²) in [5.41, 5.74) is 5.63. The summed E-state index contributed by atoms with van der Waals surface area (Å²) in [6.45, 7) is 3.28. The second kappa shape index (κ2) is 7.88. The zero-order valence-electron chi connectivity index (χ0n) is 15.6. The van der Waals surface area contributed by atoms with Crippen LogP contribution in [0.25, 0.3) is 0 Å². The van der Waals surface area contributed by atoms with Crippen molar-refractivity contribution in [2.24, 2.45) is 0 Å². The molecule has 3 aromatic rings. The number of carbonyl (C=O) groups is 1. The number of benzene rings is 2. The van der Waals surface area contributed by atoms with Gasteiger partial charge >= 0.3 is 0 Å². The number of halogens is 1. The van der Waals surface area contributed by atoms with Crippen molar-refractivity contribution >= 4 is 17.5 Å². The third kappa shape index (κ3) is 3.93. The first-order chi connectivity index (χ1) is 13.6. The minimum absolute atomic E-state index is 0.0199. The minimum atomic E-state index is 0.0199. The van der Waals surface area contributed by atoms with E-state index in [4.69, 9.17) is 11.6 Å². The van der Waals surface area contributed by atoms with E-state index in [2.05, 4.69) is 22.9 Å². The summed E-state index contributed by atoms with van der Waals surface area (Å²) in [4.78, 5) is 19.2. The van der Waals surface area contributed by atoms with Gasteiger partial charge in [-0.1, -0.05) is 35.7 Å². The van der Waals surface area contributed by atoms with E-state index in [0.717, 1.165) is 23.1 Å². The Balaban J connectivity index is 1.58. The third-order valence-electron chi connectivity index (χ3n) is 4.94. The molecule has 4 heteroatoms. The maximum absolute atomic E-state index is 13.1. The van der Waals surface area contributed by atoms with Crippen LogP contribution in [-0.2, 0) is 13.0 Å². The summed E-state index contributed by atoms with van der Waals surface area (Å²) in [5, 5.41) is 0.704. The number of fused-ring (bicyclic) bond motifs is 1. The fourth-order valence-corrected chi connectivity index (χ4v) is 3.53. The number of hydrogen-bond acceptors (Lipinski definition) is 2. The standard InChI is InChI=1S/C24H19ClN2O/c1-17-5-6-20(14-19(17)8-10-23-4-2-3-12-26-23)24(28)27-13-11-18-7-9-22(25)15-21(18)16-27/h2-7,9,12,14-15H,11,13,16H2,1H3. The average Bonchev–Trinajstić information content (AvgIpc) is 2.73. The summed E-state index contributed by atoms with van der Waals surface area (Å²) in [7, 11) is 0. The molecule has 138 valence electrons. The van der Waals surface area contributed by atoms with Crippen LogP contribution in [0.1, 0.15) is 38.3 Å². The van der Waals surface area contributed by atoms with Crippen molar-refractivity contribution in [3.8, 4) is 11.8 Å². The fraction of sp³-hybridized carbons (Fsp3) is 0.167. The van der Waals surface area contributed by atoms with E-state index in [-0.39, 0.29) is 5.91 Å². The van der Waals surface area contributed by atoms with Crippen LogP contribution >= 0.6 is 11.6 Å². The molecule has 3 nitrogen and oxygen atoms in total. The molecule has 1 aliphatic heterocycles. The van der Waals surface area contributed by atoms with Crippen molar-refractivity contribution in [3.63, 3.8) is 0 Å². The maximum Gasteiger partial charge on any atom is 0.254 e. The Morgan fingerprint density at radius 2 is 1.96 bits per heavy atom. The van der Waals surface area contributed by atoms with Crippen LogP contribution in [0, 0.1) is 18.8 Å². The number of pyridine rings is 1. The third-order valence-corrected chi connectivity index (χ3v) is 5.18. The van der Waals surface area contributed by atoms with Gasteiger partial charge in [0.15, 0.2) is 0 Å². The van der Waals surface area contributed by atoms with E-state index in [9.17, 15) is 4.79 Å². The number of hydrogen-bond donors (Lipinski definition) is 0. The van der Waals surface area contributed by atoms with Crippen molar-refractivity contribution in [1.82, 2.24) is 9.88 Å². The lowest BCUT2D eigenvalue weighted by molar-refractivity contribution is 0.0734. The van der Waals surface area contributed by atoms with Gasteiger partial charge in [0.2, 0.25) is 0 Å². The lowest BCUT2D eigenvalue weighted by Gasteiger charge is -2.29. The summed E-state index contributed by atoms with van der Waals surface area (Å²) < 4.78 is 0. The molecule has 0 saturated carbocycles. The fourth-order valence-electron chi connectivity index (χ4n) is 3.34. The van der Waals surface area contributed by atoms with Crippen molar-refractivity contribution in [3.05, 3.63) is 99.3 Å². The van der Waals surface area contributed by atoms with Crippen LogP contribution in [-0.4, -0.2) is 22.3 Å². The number of aromatic nitrogens is 1. The van der Waals surface area contributed by atoms with Gasteiger partial charge in [0, 0.05) is 35.4 Å². The Morgan fingerprint density at radius 1 is 1.07 bits per heavy atom. The quantitative estimate of drug-likeness (QED) is 0.571. The normalized spacial score (nSPS) is 12.7. The molecule has 2 aromatic carbocycles. The smallest absolute Gasteiger partial charge is 0.254 e. The van der Waals surface area contributed by atoms with Gasteiger partial charge in [0.25, 0.3) is 5.91 Å². The second-order valence-corrected chi connectivity index (χ2v) is 7.32. The van der Waals surface area contributed by atoms with Gasteiger partial charge in [0.05, 0.1) is 0 Å². The average molecular weight is 387 g/mol. The summed E-state index contributed by atoms with van der Waals surface area (Å²) >= 11 is 6.12. The van der Waals surface area contributed by atoms with E-state index in [0.29, 0.717) is 29.4 Å². The Kier molecular flexibility index (Phi) is 5.14. The molecule has 0 unspecified atom stereocenters. The highest BCUT2D eigenvalue weighted by molar-refractivity contribution is 6.30. The van der Waals surface area contributed by atoms with Crippen LogP contribution < -0.4 is 0 Å². The highest BCUT2D eigenvalue weighted by Crippen LogP contribution is 2.24. The van der Waals surface area contributed by atoms with Gasteiger partial charge in [-0.05, 0) is 72.4 Å². The molecule has 0 fully saturated rings. The largest absolute Gasteiger partial charge is 0.334 e. The number of carbonyl (C=O) groups excluding carboxylic acids is 1. The van der Waals surface area contributed by atoms with Crippen LogP contribution in [0.2, 0.25) is 5.02 Å². The van der Waals surface area contributed by atoms with Crippen LogP contribution in [0.5, 0.6) is 0 Å². The van der Waals surface area contributed by atoms with Crippen molar-refractivity contribution in [2.45, 2.75) is 19.9 Å². The van der Waals surface area contributed by atoms with E-state index >= 15 is 0 Å². The molecular weight excluding hydrogens is 368 g/mol. The van der Waals surface area contributed by atoms with Gasteiger partial charge in [-0.15, -0.1) is 0 Å². The first kappa shape index (κ1) is 18.3. The summed E-state index contributed by atoms with van der Waals surface area (Å²) in [5.74, 6) is 6.24. The Hall–Kier alpha value is -3.09.